The molecule has 0 aromatic heterocycles. The fourth-order valence-corrected chi connectivity index (χ4v) is 3.56. The van der Waals surface area contributed by atoms with Gasteiger partial charge in [0.25, 0.3) is 0 Å². The van der Waals surface area contributed by atoms with Gasteiger partial charge in [-0.1, -0.05) is 48.5 Å². The molecular weight excluding hydrogens is 250 g/mol. The van der Waals surface area contributed by atoms with Crippen molar-refractivity contribution in [2.75, 3.05) is 18.4 Å². The topological polar surface area (TPSA) is 3.24 Å². The first-order valence-electron chi connectivity index (χ1n) is 6.54. The number of alkyl halides is 1. The van der Waals surface area contributed by atoms with Crippen molar-refractivity contribution in [2.24, 2.45) is 5.41 Å². The van der Waals surface area contributed by atoms with Gasteiger partial charge in [-0.2, -0.15) is 0 Å². The Hall–Kier alpha value is 0.440. The number of rotatable bonds is 2. The minimum Gasteiger partial charge on any atom is -0.300 e. The van der Waals surface area contributed by atoms with E-state index in [2.05, 4.69) is 27.8 Å². The van der Waals surface area contributed by atoms with E-state index in [9.17, 15) is 0 Å². The van der Waals surface area contributed by atoms with Gasteiger partial charge in [0, 0.05) is 17.9 Å². The van der Waals surface area contributed by atoms with E-state index in [0.717, 1.165) is 6.04 Å². The van der Waals surface area contributed by atoms with Crippen molar-refractivity contribution in [3.05, 3.63) is 0 Å². The van der Waals surface area contributed by atoms with Crippen LogP contribution in [0.15, 0.2) is 0 Å². The van der Waals surface area contributed by atoms with Crippen LogP contribution >= 0.6 is 15.9 Å². The molecule has 0 amide bonds. The quantitative estimate of drug-likeness (QED) is 0.546. The van der Waals surface area contributed by atoms with Crippen LogP contribution in [0, 0.1) is 5.41 Å². The van der Waals surface area contributed by atoms with Crippen LogP contribution < -0.4 is 0 Å². The molecule has 1 heterocycles. The molecule has 1 aliphatic heterocycles. The molecule has 1 unspecified atom stereocenters. The maximum atomic E-state index is 3.67. The molecule has 2 heteroatoms. The molecule has 1 atom stereocenters. The van der Waals surface area contributed by atoms with Crippen LogP contribution in [0.1, 0.15) is 51.9 Å². The standard InChI is InChI=1S/C13H24BrN/c1-13(10-14)8-9-15(11-13)12-6-4-2-3-5-7-12/h12H,2-11H2,1H3. The molecule has 1 nitrogen and oxygen atoms in total. The van der Waals surface area contributed by atoms with Gasteiger partial charge in [0.05, 0.1) is 0 Å². The maximum absolute atomic E-state index is 3.67. The van der Waals surface area contributed by atoms with Gasteiger partial charge >= 0.3 is 0 Å². The van der Waals surface area contributed by atoms with Gasteiger partial charge in [0.2, 0.25) is 0 Å². The van der Waals surface area contributed by atoms with Crippen LogP contribution in [-0.4, -0.2) is 29.4 Å². The number of likely N-dealkylation sites (tertiary alicyclic amines) is 1. The third-order valence-electron chi connectivity index (χ3n) is 4.25. The molecule has 0 bridgehead atoms. The van der Waals surface area contributed by atoms with Crippen molar-refractivity contribution >= 4 is 15.9 Å². The zero-order valence-corrected chi connectivity index (χ0v) is 11.6. The van der Waals surface area contributed by atoms with Gasteiger partial charge in [-0.05, 0) is 31.2 Å². The molecule has 0 aromatic rings. The third-order valence-corrected chi connectivity index (χ3v) is 5.60. The molecule has 1 saturated heterocycles. The Morgan fingerprint density at radius 1 is 1.20 bits per heavy atom. The zero-order chi connectivity index (χ0) is 10.7. The Morgan fingerprint density at radius 3 is 2.40 bits per heavy atom. The summed E-state index contributed by atoms with van der Waals surface area (Å²) in [5, 5.41) is 1.17. The van der Waals surface area contributed by atoms with Crippen LogP contribution in [0.4, 0.5) is 0 Å². The predicted molar refractivity (Wildman–Crippen MR) is 69.6 cm³/mol. The highest BCUT2D eigenvalue weighted by Gasteiger charge is 2.35. The fraction of sp³-hybridized carbons (Fsp3) is 1.00. The summed E-state index contributed by atoms with van der Waals surface area (Å²) in [6, 6.07) is 0.911. The number of hydrogen-bond acceptors (Lipinski definition) is 1. The summed E-state index contributed by atoms with van der Waals surface area (Å²) < 4.78 is 0. The van der Waals surface area contributed by atoms with E-state index in [4.69, 9.17) is 0 Å². The Kier molecular flexibility index (Phi) is 4.11. The molecule has 0 spiro atoms. The smallest absolute Gasteiger partial charge is 0.00980 e. The van der Waals surface area contributed by atoms with Gasteiger partial charge in [-0.15, -0.1) is 0 Å². The molecule has 2 aliphatic rings. The monoisotopic (exact) mass is 273 g/mol. The highest BCUT2D eigenvalue weighted by Crippen LogP contribution is 2.35. The predicted octanol–water partition coefficient (Wildman–Crippen LogP) is 3.82. The molecule has 2 fully saturated rings. The molecule has 0 radical (unpaired) electrons. The van der Waals surface area contributed by atoms with Gasteiger partial charge in [0.15, 0.2) is 0 Å². The molecule has 1 saturated carbocycles. The Morgan fingerprint density at radius 2 is 1.87 bits per heavy atom. The molecule has 2 rings (SSSR count). The van der Waals surface area contributed by atoms with E-state index in [1.54, 1.807) is 0 Å². The van der Waals surface area contributed by atoms with Crippen LogP contribution in [0.3, 0.4) is 0 Å². The molecular formula is C13H24BrN. The number of halogens is 1. The van der Waals surface area contributed by atoms with E-state index >= 15 is 0 Å². The minimum atomic E-state index is 0.548. The average molecular weight is 274 g/mol. The van der Waals surface area contributed by atoms with Crippen molar-refractivity contribution in [1.82, 2.24) is 4.90 Å². The average Bonchev–Trinajstić information content (AvgIpc) is 2.50. The zero-order valence-electron chi connectivity index (χ0n) is 9.97. The minimum absolute atomic E-state index is 0.548. The fourth-order valence-electron chi connectivity index (χ4n) is 3.11. The Bertz CT molecular complexity index is 199. The Balaban J connectivity index is 1.88. The van der Waals surface area contributed by atoms with Gasteiger partial charge in [-0.25, -0.2) is 0 Å². The number of nitrogens with zero attached hydrogens (tertiary/aromatic N) is 1. The first-order valence-corrected chi connectivity index (χ1v) is 7.66. The van der Waals surface area contributed by atoms with E-state index in [-0.39, 0.29) is 0 Å². The maximum Gasteiger partial charge on any atom is 0.00980 e. The third kappa shape index (κ3) is 2.97. The lowest BCUT2D eigenvalue weighted by atomic mass is 9.93. The highest BCUT2D eigenvalue weighted by atomic mass is 79.9. The first kappa shape index (κ1) is 11.9. The van der Waals surface area contributed by atoms with E-state index in [1.807, 2.05) is 0 Å². The van der Waals surface area contributed by atoms with Crippen LogP contribution in [0.5, 0.6) is 0 Å². The van der Waals surface area contributed by atoms with Crippen molar-refractivity contribution in [2.45, 2.75) is 57.9 Å². The molecule has 0 N–H and O–H groups in total. The summed E-state index contributed by atoms with van der Waals surface area (Å²) in [6.07, 6.45) is 10.2. The lowest BCUT2D eigenvalue weighted by molar-refractivity contribution is 0.200. The Labute approximate surface area is 103 Å². The van der Waals surface area contributed by atoms with Crippen molar-refractivity contribution in [3.63, 3.8) is 0 Å². The summed E-state index contributed by atoms with van der Waals surface area (Å²) in [5.74, 6) is 0. The summed E-state index contributed by atoms with van der Waals surface area (Å²) in [6.45, 7) is 5.09. The van der Waals surface area contributed by atoms with Gasteiger partial charge < -0.3 is 0 Å². The second-order valence-corrected chi connectivity index (χ2v) is 6.37. The van der Waals surface area contributed by atoms with Crippen molar-refractivity contribution < 1.29 is 0 Å². The van der Waals surface area contributed by atoms with Crippen LogP contribution in [-0.2, 0) is 0 Å². The SMILES string of the molecule is CC1(CBr)CCN(C2CCCCCC2)C1. The van der Waals surface area contributed by atoms with Crippen LogP contribution in [0.25, 0.3) is 0 Å². The summed E-state index contributed by atoms with van der Waals surface area (Å²) in [7, 11) is 0. The molecule has 15 heavy (non-hydrogen) atoms. The molecule has 1 aliphatic carbocycles. The lowest BCUT2D eigenvalue weighted by Crippen LogP contribution is -2.35. The highest BCUT2D eigenvalue weighted by molar-refractivity contribution is 9.09. The lowest BCUT2D eigenvalue weighted by Gasteiger charge is -2.28. The molecule has 0 aromatic carbocycles. The summed E-state index contributed by atoms with van der Waals surface area (Å²) in [5.41, 5.74) is 0.548. The van der Waals surface area contributed by atoms with E-state index in [0.29, 0.717) is 5.41 Å². The first-order chi connectivity index (χ1) is 7.23. The van der Waals surface area contributed by atoms with Gasteiger partial charge in [0.1, 0.15) is 0 Å². The second kappa shape index (κ2) is 5.18. The van der Waals surface area contributed by atoms with Crippen molar-refractivity contribution in [1.29, 1.82) is 0 Å². The summed E-state index contributed by atoms with van der Waals surface area (Å²) >= 11 is 3.67. The van der Waals surface area contributed by atoms with E-state index < -0.39 is 0 Å². The van der Waals surface area contributed by atoms with Crippen molar-refractivity contribution in [3.8, 4) is 0 Å². The normalized spacial score (nSPS) is 35.6. The number of hydrogen-bond donors (Lipinski definition) is 0. The van der Waals surface area contributed by atoms with Gasteiger partial charge in [-0.3, -0.25) is 4.90 Å². The van der Waals surface area contributed by atoms with Crippen LogP contribution in [0.2, 0.25) is 0 Å². The molecule has 88 valence electrons. The largest absolute Gasteiger partial charge is 0.300 e. The second-order valence-electron chi connectivity index (χ2n) is 5.81. The summed E-state index contributed by atoms with van der Waals surface area (Å²) in [4.78, 5) is 2.77. The van der Waals surface area contributed by atoms with E-state index in [1.165, 1.54) is 63.4 Å².